The third-order valence-electron chi connectivity index (χ3n) is 3.78. The second-order valence-electron chi connectivity index (χ2n) is 6.42. The molecule has 0 bridgehead atoms. The van der Waals surface area contributed by atoms with Crippen molar-refractivity contribution in [3.05, 3.63) is 35.6 Å². The topological polar surface area (TPSA) is 30.0 Å². The lowest BCUT2D eigenvalue weighted by atomic mass is 9.77. The van der Waals surface area contributed by atoms with Gasteiger partial charge < -0.3 is 9.96 Å². The Kier molecular flexibility index (Phi) is 4.51. The highest BCUT2D eigenvalue weighted by Crippen LogP contribution is 2.43. The zero-order valence-corrected chi connectivity index (χ0v) is 11.6. The van der Waals surface area contributed by atoms with E-state index in [1.807, 2.05) is 12.1 Å². The summed E-state index contributed by atoms with van der Waals surface area (Å²) in [5, 5.41) is 0. The Morgan fingerprint density at radius 2 is 1.67 bits per heavy atom. The van der Waals surface area contributed by atoms with Crippen LogP contribution in [0.25, 0.3) is 0 Å². The minimum absolute atomic E-state index is 0. The van der Waals surface area contributed by atoms with Crippen LogP contribution in [-0.4, -0.2) is 37.6 Å². The Morgan fingerprint density at radius 1 is 1.11 bits per heavy atom. The molecule has 0 amide bonds. The average molecular weight is 253 g/mol. The van der Waals surface area contributed by atoms with Crippen LogP contribution < -0.4 is 0 Å². The second-order valence-corrected chi connectivity index (χ2v) is 6.42. The van der Waals surface area contributed by atoms with Crippen LogP contribution in [0.1, 0.15) is 31.2 Å². The van der Waals surface area contributed by atoms with E-state index in [9.17, 15) is 4.39 Å². The summed E-state index contributed by atoms with van der Waals surface area (Å²) in [6.45, 7) is 1.02. The molecule has 1 aliphatic rings. The quantitative estimate of drug-likeness (QED) is 0.761. The van der Waals surface area contributed by atoms with Crippen molar-refractivity contribution in [3.8, 4) is 0 Å². The molecule has 1 aromatic carbocycles. The molecule has 2 nitrogen and oxygen atoms in total. The fourth-order valence-electron chi connectivity index (χ4n) is 3.36. The summed E-state index contributed by atoms with van der Waals surface area (Å²) in [6.07, 6.45) is 4.72. The minimum atomic E-state index is -0.0251. The summed E-state index contributed by atoms with van der Waals surface area (Å²) < 4.78 is 15.0. The van der Waals surface area contributed by atoms with Gasteiger partial charge in [-0.2, -0.15) is 0 Å². The van der Waals surface area contributed by atoms with E-state index in [1.54, 1.807) is 12.1 Å². The van der Waals surface area contributed by atoms with Gasteiger partial charge in [-0.15, -0.1) is 0 Å². The number of likely N-dealkylation sites (N-methyl/N-ethyl adjacent to an activating group) is 1. The largest absolute Gasteiger partial charge is 0.870 e. The molecule has 1 aromatic rings. The van der Waals surface area contributed by atoms with Crippen molar-refractivity contribution in [2.24, 2.45) is 0 Å². The van der Waals surface area contributed by atoms with E-state index in [-0.39, 0.29) is 16.7 Å². The van der Waals surface area contributed by atoms with E-state index >= 15 is 0 Å². The van der Waals surface area contributed by atoms with Gasteiger partial charge in [0, 0.05) is 5.41 Å². The predicted molar refractivity (Wildman–Crippen MR) is 71.4 cm³/mol. The van der Waals surface area contributed by atoms with Gasteiger partial charge >= 0.3 is 0 Å². The molecule has 1 aliphatic carbocycles. The molecule has 1 N–H and O–H groups in total. The smallest absolute Gasteiger partial charge is 0.127 e. The molecule has 0 aliphatic heterocycles. The van der Waals surface area contributed by atoms with Crippen LogP contribution in [-0.2, 0) is 5.41 Å². The molecule has 0 atom stereocenters. The maximum atomic E-state index is 14.1. The van der Waals surface area contributed by atoms with Gasteiger partial charge in [0.2, 0.25) is 0 Å². The Hall–Kier alpha value is -0.930. The molecule has 0 unspecified atom stereocenters. The number of hydrogen-bond donors (Lipinski definition) is 0. The summed E-state index contributed by atoms with van der Waals surface area (Å²) in [5.74, 6) is -0.0251. The second kappa shape index (κ2) is 5.37. The van der Waals surface area contributed by atoms with E-state index in [0.29, 0.717) is 0 Å². The first-order valence-corrected chi connectivity index (χ1v) is 6.48. The molecule has 0 heterocycles. The fraction of sp³-hybridized carbons (Fsp3) is 0.600. The van der Waals surface area contributed by atoms with E-state index < -0.39 is 0 Å². The van der Waals surface area contributed by atoms with Crippen LogP contribution >= 0.6 is 0 Å². The average Bonchev–Trinajstić information content (AvgIpc) is 2.65. The number of halogens is 1. The summed E-state index contributed by atoms with van der Waals surface area (Å²) in [4.78, 5) is 0. The Balaban J connectivity index is 0.00000162. The van der Waals surface area contributed by atoms with E-state index in [2.05, 4.69) is 21.1 Å². The summed E-state index contributed by atoms with van der Waals surface area (Å²) in [7, 11) is 6.59. The normalized spacial score (nSPS) is 18.4. The van der Waals surface area contributed by atoms with Gasteiger partial charge in [-0.05, 0) is 24.5 Å². The van der Waals surface area contributed by atoms with Gasteiger partial charge in [0.15, 0.2) is 0 Å². The monoisotopic (exact) mass is 253 g/mol. The van der Waals surface area contributed by atoms with Crippen LogP contribution in [0.2, 0.25) is 0 Å². The number of quaternary nitrogens is 1. The highest BCUT2D eigenvalue weighted by atomic mass is 19.1. The molecule has 3 heteroatoms. The fourth-order valence-corrected chi connectivity index (χ4v) is 3.36. The van der Waals surface area contributed by atoms with Crippen molar-refractivity contribution >= 4 is 0 Å². The minimum Gasteiger partial charge on any atom is -0.870 e. The van der Waals surface area contributed by atoms with Crippen LogP contribution in [0.5, 0.6) is 0 Å². The number of hydrogen-bond acceptors (Lipinski definition) is 1. The van der Waals surface area contributed by atoms with Gasteiger partial charge in [-0.1, -0.05) is 31.0 Å². The molecule has 18 heavy (non-hydrogen) atoms. The number of benzene rings is 1. The molecular formula is C15H24FNO. The van der Waals surface area contributed by atoms with Crippen LogP contribution in [0.3, 0.4) is 0 Å². The van der Waals surface area contributed by atoms with Gasteiger partial charge in [-0.3, -0.25) is 0 Å². The van der Waals surface area contributed by atoms with Crippen LogP contribution in [0.4, 0.5) is 4.39 Å². The maximum Gasteiger partial charge on any atom is 0.127 e. The van der Waals surface area contributed by atoms with Gasteiger partial charge in [0.1, 0.15) is 5.82 Å². The first-order chi connectivity index (χ1) is 7.93. The SMILES string of the molecule is C[N+](C)(C)CC1(c2ccccc2F)CCCC1.[OH-]. The third kappa shape index (κ3) is 3.09. The standard InChI is InChI=1S/C15H23FN.H2O/c1-17(2,3)12-15(10-6-7-11-15)13-8-4-5-9-14(13)16;/h4-5,8-9H,6-7,10-12H2,1-3H3;1H2/q+1;/p-1. The predicted octanol–water partition coefficient (Wildman–Crippen LogP) is 3.17. The van der Waals surface area contributed by atoms with Crippen LogP contribution in [0.15, 0.2) is 24.3 Å². The van der Waals surface area contributed by atoms with E-state index in [1.165, 1.54) is 12.8 Å². The summed E-state index contributed by atoms with van der Waals surface area (Å²) in [5.41, 5.74) is 0.995. The van der Waals surface area contributed by atoms with Crippen molar-refractivity contribution < 1.29 is 14.3 Å². The molecule has 0 aromatic heterocycles. The highest BCUT2D eigenvalue weighted by Gasteiger charge is 2.41. The lowest BCUT2D eigenvalue weighted by Gasteiger charge is -2.37. The van der Waals surface area contributed by atoms with Crippen molar-refractivity contribution in [2.45, 2.75) is 31.1 Å². The maximum absolute atomic E-state index is 14.1. The zero-order chi connectivity index (χ0) is 12.5. The summed E-state index contributed by atoms with van der Waals surface area (Å²) >= 11 is 0. The lowest BCUT2D eigenvalue weighted by Crippen LogP contribution is -2.46. The van der Waals surface area contributed by atoms with Crippen LogP contribution in [0, 0.1) is 5.82 Å². The number of rotatable bonds is 3. The van der Waals surface area contributed by atoms with Crippen molar-refractivity contribution in [2.75, 3.05) is 27.7 Å². The van der Waals surface area contributed by atoms with Crippen molar-refractivity contribution in [1.82, 2.24) is 0 Å². The first kappa shape index (κ1) is 15.1. The Morgan fingerprint density at radius 3 is 2.17 bits per heavy atom. The molecule has 0 radical (unpaired) electrons. The van der Waals surface area contributed by atoms with E-state index in [0.717, 1.165) is 29.4 Å². The van der Waals surface area contributed by atoms with E-state index in [4.69, 9.17) is 0 Å². The molecule has 1 saturated carbocycles. The van der Waals surface area contributed by atoms with Gasteiger partial charge in [0.05, 0.1) is 27.7 Å². The zero-order valence-electron chi connectivity index (χ0n) is 11.6. The van der Waals surface area contributed by atoms with Gasteiger partial charge in [-0.25, -0.2) is 4.39 Å². The Bertz CT molecular complexity index is 392. The number of nitrogens with zero attached hydrogens (tertiary/aromatic N) is 1. The molecule has 2 rings (SSSR count). The molecule has 0 saturated heterocycles. The summed E-state index contributed by atoms with van der Waals surface area (Å²) in [6, 6.07) is 7.34. The van der Waals surface area contributed by atoms with Crippen molar-refractivity contribution in [3.63, 3.8) is 0 Å². The highest BCUT2D eigenvalue weighted by molar-refractivity contribution is 5.28. The lowest BCUT2D eigenvalue weighted by molar-refractivity contribution is -0.874. The van der Waals surface area contributed by atoms with Gasteiger partial charge in [0.25, 0.3) is 0 Å². The van der Waals surface area contributed by atoms with Crippen molar-refractivity contribution in [1.29, 1.82) is 0 Å². The first-order valence-electron chi connectivity index (χ1n) is 6.48. The molecule has 102 valence electrons. The third-order valence-corrected chi connectivity index (χ3v) is 3.78. The molecule has 0 spiro atoms. The Labute approximate surface area is 109 Å². The molecule has 1 fully saturated rings. The molecular weight excluding hydrogens is 229 g/mol.